The lowest BCUT2D eigenvalue weighted by molar-refractivity contribution is -0.132. The first-order valence-electron chi connectivity index (χ1n) is 11.2. The third-order valence-corrected chi connectivity index (χ3v) is 6.73. The summed E-state index contributed by atoms with van der Waals surface area (Å²) in [5.41, 5.74) is 4.56. The van der Waals surface area contributed by atoms with Gasteiger partial charge in [-0.3, -0.25) is 9.59 Å². The molecule has 0 saturated carbocycles. The van der Waals surface area contributed by atoms with Crippen molar-refractivity contribution < 1.29 is 14.3 Å². The summed E-state index contributed by atoms with van der Waals surface area (Å²) in [6.07, 6.45) is 0.110. The third-order valence-electron chi connectivity index (χ3n) is 5.53. The number of rotatable bonds is 8. The van der Waals surface area contributed by atoms with Gasteiger partial charge in [0, 0.05) is 18.3 Å². The molecule has 0 unspecified atom stereocenters. The number of anilines is 1. The van der Waals surface area contributed by atoms with Gasteiger partial charge in [-0.25, -0.2) is 4.98 Å². The van der Waals surface area contributed by atoms with Crippen LogP contribution in [-0.4, -0.2) is 42.4 Å². The predicted molar refractivity (Wildman–Crippen MR) is 141 cm³/mol. The SMILES string of the molecule is COc1ccc(NC(=O)CN(C)C(=O)Cc2nc(-c3ccccc3)sc2-c2ccc(C)cc2)cc1. The maximum absolute atomic E-state index is 13.1. The number of carbonyl (C=O) groups excluding carboxylic acids is 2. The molecule has 4 aromatic rings. The smallest absolute Gasteiger partial charge is 0.243 e. The molecule has 4 rings (SSSR count). The fraction of sp³-hybridized carbons (Fsp3) is 0.179. The second-order valence-electron chi connectivity index (χ2n) is 8.23. The fourth-order valence-electron chi connectivity index (χ4n) is 3.56. The van der Waals surface area contributed by atoms with Crippen LogP contribution in [-0.2, 0) is 16.0 Å². The first-order chi connectivity index (χ1) is 16.9. The molecule has 178 valence electrons. The van der Waals surface area contributed by atoms with Crippen LogP contribution in [0.2, 0.25) is 0 Å². The number of methoxy groups -OCH3 is 1. The summed E-state index contributed by atoms with van der Waals surface area (Å²) in [7, 11) is 3.22. The number of thiazole rings is 1. The molecule has 7 heteroatoms. The van der Waals surface area contributed by atoms with Gasteiger partial charge in [0.25, 0.3) is 0 Å². The first kappa shape index (κ1) is 24.2. The molecule has 0 bridgehead atoms. The van der Waals surface area contributed by atoms with E-state index in [1.807, 2.05) is 37.3 Å². The molecule has 0 aliphatic heterocycles. The zero-order valence-corrected chi connectivity index (χ0v) is 20.8. The second-order valence-corrected chi connectivity index (χ2v) is 9.23. The molecule has 1 heterocycles. The number of aromatic nitrogens is 1. The number of hydrogen-bond acceptors (Lipinski definition) is 5. The number of nitrogens with zero attached hydrogens (tertiary/aromatic N) is 2. The standard InChI is InChI=1S/C28H27N3O3S/c1-19-9-11-20(12-10-19)27-24(30-28(35-27)21-7-5-4-6-8-21)17-26(33)31(2)18-25(32)29-22-13-15-23(34-3)16-14-22/h4-16H,17-18H2,1-3H3,(H,29,32). The van der Waals surface area contributed by atoms with Crippen LogP contribution in [0.4, 0.5) is 5.69 Å². The van der Waals surface area contributed by atoms with E-state index < -0.39 is 0 Å². The highest BCUT2D eigenvalue weighted by Gasteiger charge is 2.20. The average Bonchev–Trinajstić information content (AvgIpc) is 3.29. The number of likely N-dealkylation sites (N-methyl/N-ethyl adjacent to an activating group) is 1. The number of benzene rings is 3. The summed E-state index contributed by atoms with van der Waals surface area (Å²) in [5, 5.41) is 3.67. The molecule has 0 saturated heterocycles. The molecule has 0 fully saturated rings. The van der Waals surface area contributed by atoms with Crippen LogP contribution in [0.3, 0.4) is 0 Å². The molecule has 0 spiro atoms. The van der Waals surface area contributed by atoms with Crippen molar-refractivity contribution in [1.82, 2.24) is 9.88 Å². The largest absolute Gasteiger partial charge is 0.497 e. The van der Waals surface area contributed by atoms with Crippen molar-refractivity contribution in [2.24, 2.45) is 0 Å². The highest BCUT2D eigenvalue weighted by molar-refractivity contribution is 7.18. The zero-order valence-electron chi connectivity index (χ0n) is 19.9. The minimum atomic E-state index is -0.270. The van der Waals surface area contributed by atoms with Gasteiger partial charge in [0.2, 0.25) is 11.8 Å². The van der Waals surface area contributed by atoms with Gasteiger partial charge in [0.1, 0.15) is 10.8 Å². The van der Waals surface area contributed by atoms with E-state index in [2.05, 4.69) is 29.6 Å². The number of amides is 2. The highest BCUT2D eigenvalue weighted by Crippen LogP contribution is 2.36. The molecule has 1 aromatic heterocycles. The van der Waals surface area contributed by atoms with E-state index in [0.717, 1.165) is 21.0 Å². The Kier molecular flexibility index (Phi) is 7.57. The lowest BCUT2D eigenvalue weighted by Crippen LogP contribution is -2.35. The van der Waals surface area contributed by atoms with Crippen LogP contribution in [0.15, 0.2) is 78.9 Å². The van der Waals surface area contributed by atoms with Gasteiger partial charge < -0.3 is 15.0 Å². The van der Waals surface area contributed by atoms with E-state index in [1.165, 1.54) is 10.5 Å². The van der Waals surface area contributed by atoms with Crippen LogP contribution < -0.4 is 10.1 Å². The van der Waals surface area contributed by atoms with Crippen molar-refractivity contribution >= 4 is 28.8 Å². The van der Waals surface area contributed by atoms with Gasteiger partial charge in [0.15, 0.2) is 0 Å². The van der Waals surface area contributed by atoms with Crippen molar-refractivity contribution in [3.63, 3.8) is 0 Å². The van der Waals surface area contributed by atoms with E-state index in [0.29, 0.717) is 17.1 Å². The number of nitrogens with one attached hydrogen (secondary N) is 1. The van der Waals surface area contributed by atoms with E-state index in [4.69, 9.17) is 9.72 Å². The molecular formula is C28H27N3O3S. The molecule has 35 heavy (non-hydrogen) atoms. The fourth-order valence-corrected chi connectivity index (χ4v) is 4.66. The molecular weight excluding hydrogens is 458 g/mol. The number of hydrogen-bond donors (Lipinski definition) is 1. The molecule has 0 radical (unpaired) electrons. The Bertz CT molecular complexity index is 1300. The van der Waals surface area contributed by atoms with Gasteiger partial charge in [-0.1, -0.05) is 60.2 Å². The van der Waals surface area contributed by atoms with Gasteiger partial charge in [0.05, 0.1) is 30.6 Å². The van der Waals surface area contributed by atoms with Crippen molar-refractivity contribution in [2.45, 2.75) is 13.3 Å². The zero-order chi connectivity index (χ0) is 24.8. The van der Waals surface area contributed by atoms with E-state index in [1.54, 1.807) is 49.8 Å². The number of aryl methyl sites for hydroxylation is 1. The van der Waals surface area contributed by atoms with Gasteiger partial charge in [-0.2, -0.15) is 0 Å². The highest BCUT2D eigenvalue weighted by atomic mass is 32.1. The Labute approximate surface area is 209 Å². The van der Waals surface area contributed by atoms with Crippen molar-refractivity contribution in [3.8, 4) is 26.8 Å². The second kappa shape index (κ2) is 11.0. The quantitative estimate of drug-likeness (QED) is 0.361. The maximum atomic E-state index is 13.1. The summed E-state index contributed by atoms with van der Waals surface area (Å²) < 4.78 is 5.13. The molecule has 2 amide bonds. The summed E-state index contributed by atoms with van der Waals surface area (Å²) in [6.45, 7) is 1.99. The Balaban J connectivity index is 1.49. The van der Waals surface area contributed by atoms with Gasteiger partial charge in [-0.15, -0.1) is 11.3 Å². The third kappa shape index (κ3) is 6.13. The Morgan fingerprint density at radius 2 is 1.63 bits per heavy atom. The Morgan fingerprint density at radius 1 is 0.943 bits per heavy atom. The van der Waals surface area contributed by atoms with E-state index in [9.17, 15) is 9.59 Å². The van der Waals surface area contributed by atoms with Crippen LogP contribution in [0.5, 0.6) is 5.75 Å². The van der Waals surface area contributed by atoms with Crippen molar-refractivity contribution in [1.29, 1.82) is 0 Å². The monoisotopic (exact) mass is 485 g/mol. The van der Waals surface area contributed by atoms with Gasteiger partial charge in [-0.05, 0) is 36.8 Å². The number of ether oxygens (including phenoxy) is 1. The number of carbonyl (C=O) groups is 2. The van der Waals surface area contributed by atoms with E-state index >= 15 is 0 Å². The summed E-state index contributed by atoms with van der Waals surface area (Å²) in [6, 6.07) is 25.2. The Hall–Kier alpha value is -3.97. The summed E-state index contributed by atoms with van der Waals surface area (Å²) >= 11 is 1.57. The molecule has 0 atom stereocenters. The minimum absolute atomic E-state index is 0.0552. The topological polar surface area (TPSA) is 71.5 Å². The van der Waals surface area contributed by atoms with Gasteiger partial charge >= 0.3 is 0 Å². The van der Waals surface area contributed by atoms with Crippen molar-refractivity contribution in [2.75, 3.05) is 26.0 Å². The van der Waals surface area contributed by atoms with Crippen LogP contribution in [0.25, 0.3) is 21.0 Å². The molecule has 0 aliphatic carbocycles. The first-order valence-corrected chi connectivity index (χ1v) is 12.0. The van der Waals surface area contributed by atoms with Crippen LogP contribution in [0.1, 0.15) is 11.3 Å². The minimum Gasteiger partial charge on any atom is -0.497 e. The van der Waals surface area contributed by atoms with Crippen LogP contribution in [0, 0.1) is 6.92 Å². The molecule has 1 N–H and O–H groups in total. The predicted octanol–water partition coefficient (Wildman–Crippen LogP) is 5.43. The maximum Gasteiger partial charge on any atom is 0.243 e. The van der Waals surface area contributed by atoms with Crippen LogP contribution >= 0.6 is 11.3 Å². The lowest BCUT2D eigenvalue weighted by Gasteiger charge is -2.17. The average molecular weight is 486 g/mol. The summed E-state index contributed by atoms with van der Waals surface area (Å²) in [4.78, 5) is 32.8. The Morgan fingerprint density at radius 3 is 2.29 bits per heavy atom. The molecule has 0 aliphatic rings. The van der Waals surface area contributed by atoms with Crippen molar-refractivity contribution in [3.05, 3.63) is 90.1 Å². The lowest BCUT2D eigenvalue weighted by atomic mass is 10.1. The van der Waals surface area contributed by atoms with E-state index in [-0.39, 0.29) is 24.8 Å². The normalized spacial score (nSPS) is 10.6. The molecule has 3 aromatic carbocycles. The molecule has 6 nitrogen and oxygen atoms in total. The summed E-state index contributed by atoms with van der Waals surface area (Å²) in [5.74, 6) is 0.263.